The Morgan fingerprint density at radius 1 is 1.16 bits per heavy atom. The molecule has 0 aliphatic heterocycles. The summed E-state index contributed by atoms with van der Waals surface area (Å²) >= 11 is 1.74. The molecule has 0 radical (unpaired) electrons. The molecule has 1 heterocycles. The summed E-state index contributed by atoms with van der Waals surface area (Å²) in [5, 5.41) is 2.60. The van der Waals surface area contributed by atoms with Crippen molar-refractivity contribution < 1.29 is 14.3 Å². The normalized spacial score (nSPS) is 10.7. The average Bonchev–Trinajstić information content (AvgIpc) is 3.03. The van der Waals surface area contributed by atoms with E-state index in [4.69, 9.17) is 0 Å². The lowest BCUT2D eigenvalue weighted by Crippen LogP contribution is -2.40. The molecule has 0 aliphatic rings. The molecule has 1 aromatic heterocycles. The van der Waals surface area contributed by atoms with E-state index in [1.165, 1.54) is 22.4 Å². The number of nitrogens with zero attached hydrogens (tertiary/aromatic N) is 1. The minimum Gasteiger partial charge on any atom is -0.468 e. The number of amides is 1. The molecular weight excluding hydrogens is 336 g/mol. The monoisotopic (exact) mass is 360 g/mol. The van der Waals surface area contributed by atoms with E-state index in [2.05, 4.69) is 46.1 Å². The molecule has 0 unspecified atom stereocenters. The van der Waals surface area contributed by atoms with Crippen LogP contribution in [0.25, 0.3) is 0 Å². The quantitative estimate of drug-likeness (QED) is 0.698. The van der Waals surface area contributed by atoms with Crippen LogP contribution < -0.4 is 5.32 Å². The number of ether oxygens (including phenoxy) is 1. The van der Waals surface area contributed by atoms with Gasteiger partial charge in [0.15, 0.2) is 0 Å². The van der Waals surface area contributed by atoms with Gasteiger partial charge in [-0.05, 0) is 31.0 Å². The number of nitrogens with one attached hydrogen (secondary N) is 1. The fraction of sp³-hybridized carbons (Fsp3) is 0.368. The molecule has 0 aliphatic carbocycles. The Kier molecular flexibility index (Phi) is 7.63. The van der Waals surface area contributed by atoms with Crippen LogP contribution in [0, 0.1) is 6.92 Å². The Bertz CT molecular complexity index is 685. The van der Waals surface area contributed by atoms with Gasteiger partial charge in [0.2, 0.25) is 5.91 Å². The van der Waals surface area contributed by atoms with Crippen LogP contribution in [0.2, 0.25) is 0 Å². The molecule has 2 rings (SSSR count). The number of aryl methyl sites for hydroxylation is 1. The minimum atomic E-state index is -0.446. The minimum absolute atomic E-state index is 0.0973. The molecule has 1 aromatic carbocycles. The molecule has 1 N–H and O–H groups in total. The van der Waals surface area contributed by atoms with Gasteiger partial charge >= 0.3 is 5.97 Å². The average molecular weight is 360 g/mol. The topological polar surface area (TPSA) is 58.6 Å². The van der Waals surface area contributed by atoms with E-state index >= 15 is 0 Å². The number of rotatable bonds is 9. The summed E-state index contributed by atoms with van der Waals surface area (Å²) in [7, 11) is 1.31. The number of hydrogen-bond donors (Lipinski definition) is 1. The van der Waals surface area contributed by atoms with Crippen LogP contribution in [0.4, 0.5) is 0 Å². The second kappa shape index (κ2) is 9.96. The summed E-state index contributed by atoms with van der Waals surface area (Å²) in [5.74, 6) is -0.621. The van der Waals surface area contributed by atoms with Gasteiger partial charge in [-0.3, -0.25) is 14.5 Å². The van der Waals surface area contributed by atoms with Crippen molar-refractivity contribution in [3.05, 3.63) is 57.8 Å². The summed E-state index contributed by atoms with van der Waals surface area (Å²) in [5.41, 5.74) is 1.24. The number of thiophene rings is 1. The van der Waals surface area contributed by atoms with Crippen molar-refractivity contribution in [1.29, 1.82) is 0 Å². The molecule has 134 valence electrons. The highest BCUT2D eigenvalue weighted by Crippen LogP contribution is 2.17. The summed E-state index contributed by atoms with van der Waals surface area (Å²) in [6, 6.07) is 14.4. The summed E-state index contributed by atoms with van der Waals surface area (Å²) < 4.78 is 4.54. The number of benzene rings is 1. The van der Waals surface area contributed by atoms with E-state index in [1.54, 1.807) is 11.3 Å². The molecule has 6 heteroatoms. The van der Waals surface area contributed by atoms with Gasteiger partial charge in [-0.15, -0.1) is 11.3 Å². The van der Waals surface area contributed by atoms with Gasteiger partial charge in [0.25, 0.3) is 0 Å². The Morgan fingerprint density at radius 2 is 1.92 bits per heavy atom. The zero-order valence-corrected chi connectivity index (χ0v) is 15.5. The summed E-state index contributed by atoms with van der Waals surface area (Å²) in [6.07, 6.45) is 0.871. The first-order valence-electron chi connectivity index (χ1n) is 8.22. The van der Waals surface area contributed by atoms with E-state index in [-0.39, 0.29) is 19.0 Å². The third-order valence-electron chi connectivity index (χ3n) is 3.76. The fourth-order valence-corrected chi connectivity index (χ4v) is 3.37. The van der Waals surface area contributed by atoms with Gasteiger partial charge in [0.1, 0.15) is 6.54 Å². The SMILES string of the molecule is COC(=O)CNC(=O)CN(CCc1ccccc1)Cc1ccc(C)s1. The lowest BCUT2D eigenvalue weighted by atomic mass is 10.1. The molecule has 25 heavy (non-hydrogen) atoms. The number of carbonyl (C=O) groups excluding carboxylic acids is 2. The Hall–Kier alpha value is -2.18. The highest BCUT2D eigenvalue weighted by Gasteiger charge is 2.13. The Labute approximate surface area is 152 Å². The molecule has 0 atom stereocenters. The molecule has 0 bridgehead atoms. The van der Waals surface area contributed by atoms with E-state index in [0.29, 0.717) is 0 Å². The van der Waals surface area contributed by atoms with E-state index in [9.17, 15) is 9.59 Å². The van der Waals surface area contributed by atoms with E-state index in [0.717, 1.165) is 19.5 Å². The Balaban J connectivity index is 1.93. The highest BCUT2D eigenvalue weighted by atomic mass is 32.1. The smallest absolute Gasteiger partial charge is 0.325 e. The lowest BCUT2D eigenvalue weighted by Gasteiger charge is -2.21. The number of hydrogen-bond acceptors (Lipinski definition) is 5. The van der Waals surface area contributed by atoms with E-state index < -0.39 is 5.97 Å². The zero-order valence-electron chi connectivity index (χ0n) is 14.7. The van der Waals surface area contributed by atoms with Crippen molar-refractivity contribution in [3.8, 4) is 0 Å². The van der Waals surface area contributed by atoms with Crippen LogP contribution >= 0.6 is 11.3 Å². The van der Waals surface area contributed by atoms with Crippen LogP contribution in [0.5, 0.6) is 0 Å². The van der Waals surface area contributed by atoms with Gasteiger partial charge in [-0.2, -0.15) is 0 Å². The maximum atomic E-state index is 12.1. The molecular formula is C19H24N2O3S. The van der Waals surface area contributed by atoms with Crippen LogP contribution in [-0.2, 0) is 27.3 Å². The summed E-state index contributed by atoms with van der Waals surface area (Å²) in [6.45, 7) is 3.72. The van der Waals surface area contributed by atoms with Crippen LogP contribution in [0.15, 0.2) is 42.5 Å². The van der Waals surface area contributed by atoms with Gasteiger partial charge < -0.3 is 10.1 Å². The molecule has 1 amide bonds. The van der Waals surface area contributed by atoms with Crippen LogP contribution in [0.3, 0.4) is 0 Å². The Morgan fingerprint density at radius 3 is 2.56 bits per heavy atom. The first kappa shape index (κ1) is 19.1. The zero-order chi connectivity index (χ0) is 18.1. The van der Waals surface area contributed by atoms with Gasteiger partial charge in [-0.25, -0.2) is 0 Å². The highest BCUT2D eigenvalue weighted by molar-refractivity contribution is 7.11. The molecule has 2 aromatic rings. The molecule has 0 fully saturated rings. The predicted octanol–water partition coefficient (Wildman–Crippen LogP) is 2.39. The van der Waals surface area contributed by atoms with E-state index in [1.807, 2.05) is 18.2 Å². The standard InChI is InChI=1S/C19H24N2O3S/c1-15-8-9-17(25-15)13-21(11-10-16-6-4-3-5-7-16)14-18(22)20-12-19(23)24-2/h3-9H,10-14H2,1-2H3,(H,20,22). The van der Waals surface area contributed by atoms with Crippen molar-refractivity contribution in [3.63, 3.8) is 0 Å². The fourth-order valence-electron chi connectivity index (χ4n) is 2.44. The van der Waals surface area contributed by atoms with Crippen molar-refractivity contribution in [2.75, 3.05) is 26.7 Å². The number of carbonyl (C=O) groups is 2. The van der Waals surface area contributed by atoms with Gasteiger partial charge in [-0.1, -0.05) is 30.3 Å². The van der Waals surface area contributed by atoms with Crippen molar-refractivity contribution >= 4 is 23.2 Å². The molecule has 0 saturated carbocycles. The maximum absolute atomic E-state index is 12.1. The number of esters is 1. The molecule has 0 spiro atoms. The van der Waals surface area contributed by atoms with Crippen LogP contribution in [-0.4, -0.2) is 43.5 Å². The molecule has 0 saturated heterocycles. The predicted molar refractivity (Wildman–Crippen MR) is 99.5 cm³/mol. The number of methoxy groups -OCH3 is 1. The first-order chi connectivity index (χ1) is 12.1. The van der Waals surface area contributed by atoms with Crippen molar-refractivity contribution in [1.82, 2.24) is 10.2 Å². The third kappa shape index (κ3) is 7.07. The first-order valence-corrected chi connectivity index (χ1v) is 9.03. The second-order valence-electron chi connectivity index (χ2n) is 5.81. The van der Waals surface area contributed by atoms with Crippen molar-refractivity contribution in [2.45, 2.75) is 19.9 Å². The third-order valence-corrected chi connectivity index (χ3v) is 4.75. The largest absolute Gasteiger partial charge is 0.468 e. The van der Waals surface area contributed by atoms with Crippen molar-refractivity contribution in [2.24, 2.45) is 0 Å². The maximum Gasteiger partial charge on any atom is 0.325 e. The van der Waals surface area contributed by atoms with Gasteiger partial charge in [0, 0.05) is 22.8 Å². The molecule has 5 nitrogen and oxygen atoms in total. The lowest BCUT2D eigenvalue weighted by molar-refractivity contribution is -0.141. The van der Waals surface area contributed by atoms with Gasteiger partial charge in [0.05, 0.1) is 13.7 Å². The summed E-state index contributed by atoms with van der Waals surface area (Å²) in [4.78, 5) is 27.9. The van der Waals surface area contributed by atoms with Crippen LogP contribution in [0.1, 0.15) is 15.3 Å². The second-order valence-corrected chi connectivity index (χ2v) is 7.18.